The molecule has 0 atom stereocenters. The molecule has 0 saturated heterocycles. The summed E-state index contributed by atoms with van der Waals surface area (Å²) in [4.78, 5) is 0. The van der Waals surface area contributed by atoms with Crippen LogP contribution in [-0.2, 0) is 5.41 Å². The molecule has 0 aliphatic rings. The van der Waals surface area contributed by atoms with Crippen molar-refractivity contribution in [2.24, 2.45) is 5.73 Å². The zero-order chi connectivity index (χ0) is 12.2. The van der Waals surface area contributed by atoms with Crippen LogP contribution >= 0.6 is 0 Å². The largest absolute Gasteiger partial charge is 0.398 e. The van der Waals surface area contributed by atoms with Gasteiger partial charge in [0, 0.05) is 5.69 Å². The molecule has 1 rings (SSSR count). The van der Waals surface area contributed by atoms with Crippen LogP contribution in [0, 0.1) is 0 Å². The smallest absolute Gasteiger partial charge is 0.0387 e. The quantitative estimate of drug-likeness (QED) is 0.766. The van der Waals surface area contributed by atoms with E-state index in [-0.39, 0.29) is 5.41 Å². The average molecular weight is 218 g/mol. The van der Waals surface area contributed by atoms with Crippen molar-refractivity contribution in [1.82, 2.24) is 0 Å². The number of hydrogen-bond donors (Lipinski definition) is 2. The standard InChI is InChI=1S/C14H22N2/c1-14(2,3)12-7-8-13(16)11(10-12)6-4-5-9-15/h4,6-8,10H,5,9,15-16H2,1-3H3. The first-order valence-corrected chi connectivity index (χ1v) is 5.72. The van der Waals surface area contributed by atoms with E-state index in [1.165, 1.54) is 5.56 Å². The minimum absolute atomic E-state index is 0.157. The van der Waals surface area contributed by atoms with E-state index in [0.29, 0.717) is 6.54 Å². The van der Waals surface area contributed by atoms with Gasteiger partial charge in [0.1, 0.15) is 0 Å². The van der Waals surface area contributed by atoms with Crippen molar-refractivity contribution in [3.63, 3.8) is 0 Å². The second-order valence-corrected chi connectivity index (χ2v) is 5.07. The van der Waals surface area contributed by atoms with Crippen molar-refractivity contribution in [3.05, 3.63) is 35.4 Å². The van der Waals surface area contributed by atoms with Gasteiger partial charge in [0.25, 0.3) is 0 Å². The summed E-state index contributed by atoms with van der Waals surface area (Å²) < 4.78 is 0. The highest BCUT2D eigenvalue weighted by Gasteiger charge is 2.13. The molecule has 0 bridgehead atoms. The van der Waals surface area contributed by atoms with Gasteiger partial charge in [0.15, 0.2) is 0 Å². The lowest BCUT2D eigenvalue weighted by atomic mass is 9.86. The Morgan fingerprint density at radius 3 is 2.50 bits per heavy atom. The molecule has 0 aliphatic heterocycles. The SMILES string of the molecule is CC(C)(C)c1ccc(N)c(C=CCCN)c1. The number of nitrogens with two attached hydrogens (primary N) is 2. The Morgan fingerprint density at radius 2 is 1.94 bits per heavy atom. The molecule has 4 N–H and O–H groups in total. The van der Waals surface area contributed by atoms with Gasteiger partial charge in [-0.05, 0) is 41.6 Å². The van der Waals surface area contributed by atoms with E-state index in [1.807, 2.05) is 6.07 Å². The van der Waals surface area contributed by atoms with Gasteiger partial charge in [-0.2, -0.15) is 0 Å². The maximum Gasteiger partial charge on any atom is 0.0387 e. The summed E-state index contributed by atoms with van der Waals surface area (Å²) in [6.45, 7) is 7.28. The molecular weight excluding hydrogens is 196 g/mol. The van der Waals surface area contributed by atoms with E-state index in [0.717, 1.165) is 17.7 Å². The Bertz CT molecular complexity index is 373. The summed E-state index contributed by atoms with van der Waals surface area (Å²) in [7, 11) is 0. The Balaban J connectivity index is 3.00. The highest BCUT2D eigenvalue weighted by molar-refractivity contribution is 5.65. The number of benzene rings is 1. The molecule has 16 heavy (non-hydrogen) atoms. The van der Waals surface area contributed by atoms with Gasteiger partial charge in [0.2, 0.25) is 0 Å². The van der Waals surface area contributed by atoms with Crippen molar-refractivity contribution in [3.8, 4) is 0 Å². The van der Waals surface area contributed by atoms with E-state index in [2.05, 4.69) is 45.1 Å². The predicted molar refractivity (Wildman–Crippen MR) is 72.3 cm³/mol. The van der Waals surface area contributed by atoms with Crippen LogP contribution < -0.4 is 11.5 Å². The fourth-order valence-electron chi connectivity index (χ4n) is 1.49. The molecule has 0 spiro atoms. The molecule has 0 fully saturated rings. The first-order chi connectivity index (χ1) is 7.45. The molecule has 1 aromatic rings. The van der Waals surface area contributed by atoms with Gasteiger partial charge >= 0.3 is 0 Å². The molecule has 0 saturated carbocycles. The summed E-state index contributed by atoms with van der Waals surface area (Å²) in [5, 5.41) is 0. The molecule has 0 unspecified atom stereocenters. The van der Waals surface area contributed by atoms with Crippen molar-refractivity contribution >= 4 is 11.8 Å². The minimum Gasteiger partial charge on any atom is -0.398 e. The number of nitrogen functional groups attached to an aromatic ring is 1. The number of rotatable bonds is 3. The molecule has 0 aliphatic carbocycles. The number of anilines is 1. The highest BCUT2D eigenvalue weighted by atomic mass is 14.6. The van der Waals surface area contributed by atoms with Crippen LogP contribution in [0.1, 0.15) is 38.3 Å². The zero-order valence-electron chi connectivity index (χ0n) is 10.5. The topological polar surface area (TPSA) is 52.0 Å². The Hall–Kier alpha value is -1.28. The molecule has 2 nitrogen and oxygen atoms in total. The van der Waals surface area contributed by atoms with Crippen molar-refractivity contribution in [2.75, 3.05) is 12.3 Å². The predicted octanol–water partition coefficient (Wildman–Crippen LogP) is 2.93. The van der Waals surface area contributed by atoms with Crippen LogP contribution in [0.5, 0.6) is 0 Å². The van der Waals surface area contributed by atoms with Crippen molar-refractivity contribution in [2.45, 2.75) is 32.6 Å². The molecule has 2 heteroatoms. The normalized spacial score (nSPS) is 12.2. The third-order valence-electron chi connectivity index (χ3n) is 2.58. The minimum atomic E-state index is 0.157. The lowest BCUT2D eigenvalue weighted by Gasteiger charge is -2.20. The first-order valence-electron chi connectivity index (χ1n) is 5.72. The Morgan fingerprint density at radius 1 is 1.25 bits per heavy atom. The lowest BCUT2D eigenvalue weighted by Crippen LogP contribution is -2.11. The molecular formula is C14H22N2. The van der Waals surface area contributed by atoms with Crippen molar-refractivity contribution < 1.29 is 0 Å². The zero-order valence-corrected chi connectivity index (χ0v) is 10.5. The van der Waals surface area contributed by atoms with Crippen LogP contribution in [0.4, 0.5) is 5.69 Å². The number of hydrogen-bond acceptors (Lipinski definition) is 2. The van der Waals surface area contributed by atoms with E-state index in [1.54, 1.807) is 0 Å². The van der Waals surface area contributed by atoms with Gasteiger partial charge in [-0.25, -0.2) is 0 Å². The third-order valence-corrected chi connectivity index (χ3v) is 2.58. The fraction of sp³-hybridized carbons (Fsp3) is 0.429. The monoisotopic (exact) mass is 218 g/mol. The molecule has 0 radical (unpaired) electrons. The molecule has 0 heterocycles. The third kappa shape index (κ3) is 3.38. The van der Waals surface area contributed by atoms with Crippen LogP contribution in [0.2, 0.25) is 0 Å². The maximum atomic E-state index is 5.93. The van der Waals surface area contributed by atoms with E-state index in [4.69, 9.17) is 11.5 Å². The van der Waals surface area contributed by atoms with Gasteiger partial charge in [-0.15, -0.1) is 0 Å². The van der Waals surface area contributed by atoms with Crippen LogP contribution in [-0.4, -0.2) is 6.54 Å². The van der Waals surface area contributed by atoms with E-state index in [9.17, 15) is 0 Å². The highest BCUT2D eigenvalue weighted by Crippen LogP contribution is 2.26. The first kappa shape index (κ1) is 12.8. The van der Waals surface area contributed by atoms with Crippen LogP contribution in [0.25, 0.3) is 6.08 Å². The summed E-state index contributed by atoms with van der Waals surface area (Å²) in [5.74, 6) is 0. The van der Waals surface area contributed by atoms with E-state index >= 15 is 0 Å². The molecule has 1 aromatic carbocycles. The molecule has 0 amide bonds. The van der Waals surface area contributed by atoms with E-state index < -0.39 is 0 Å². The summed E-state index contributed by atoms with van der Waals surface area (Å²) in [5.41, 5.74) is 14.7. The fourth-order valence-corrected chi connectivity index (χ4v) is 1.49. The lowest BCUT2D eigenvalue weighted by molar-refractivity contribution is 0.590. The summed E-state index contributed by atoms with van der Waals surface area (Å²) >= 11 is 0. The summed E-state index contributed by atoms with van der Waals surface area (Å²) in [6, 6.07) is 6.22. The molecule has 88 valence electrons. The summed E-state index contributed by atoms with van der Waals surface area (Å²) in [6.07, 6.45) is 5.01. The van der Waals surface area contributed by atoms with Gasteiger partial charge in [-0.1, -0.05) is 39.0 Å². The Kier molecular flexibility index (Phi) is 4.13. The Labute approximate surface area is 98.3 Å². The van der Waals surface area contributed by atoms with Gasteiger partial charge < -0.3 is 11.5 Å². The van der Waals surface area contributed by atoms with Gasteiger partial charge in [0.05, 0.1) is 0 Å². The van der Waals surface area contributed by atoms with Crippen LogP contribution in [0.15, 0.2) is 24.3 Å². The average Bonchev–Trinajstić information content (AvgIpc) is 2.19. The second kappa shape index (κ2) is 5.17. The maximum absolute atomic E-state index is 5.93. The van der Waals surface area contributed by atoms with Crippen molar-refractivity contribution in [1.29, 1.82) is 0 Å². The second-order valence-electron chi connectivity index (χ2n) is 5.07. The van der Waals surface area contributed by atoms with Crippen LogP contribution in [0.3, 0.4) is 0 Å². The molecule has 0 aromatic heterocycles. The van der Waals surface area contributed by atoms with Gasteiger partial charge in [-0.3, -0.25) is 0 Å².